The van der Waals surface area contributed by atoms with Gasteiger partial charge in [0.25, 0.3) is 0 Å². The standard InChI is InChI=1S/C12H11IO6/c1-6(14)7-2-8(4-10(15)16)12(13-19)9(3-7)5-11(17)18/h2-3H,4-5H2,1H3,(H,15,16)(H,17,18). The summed E-state index contributed by atoms with van der Waals surface area (Å²) in [5.41, 5.74) is 0.729. The van der Waals surface area contributed by atoms with Gasteiger partial charge in [-0.25, -0.2) is 0 Å². The highest BCUT2D eigenvalue weighted by molar-refractivity contribution is 14.1. The van der Waals surface area contributed by atoms with Gasteiger partial charge in [-0.1, -0.05) is 0 Å². The lowest BCUT2D eigenvalue weighted by Gasteiger charge is -2.09. The van der Waals surface area contributed by atoms with Crippen LogP contribution in [0.25, 0.3) is 0 Å². The first kappa shape index (κ1) is 15.4. The van der Waals surface area contributed by atoms with Gasteiger partial charge in [0.15, 0.2) is 27.0 Å². The Bertz CT molecular complexity index is 526. The SMILES string of the molecule is CC(=O)c1cc(CC(=O)O)c(I=O)c(CC(=O)O)c1. The van der Waals surface area contributed by atoms with Crippen LogP contribution in [0, 0.1) is 3.57 Å². The Kier molecular flexibility index (Phi) is 5.28. The molecular weight excluding hydrogens is 367 g/mol. The minimum atomic E-state index is -1.72. The lowest BCUT2D eigenvalue weighted by molar-refractivity contribution is -0.137. The normalized spacial score (nSPS) is 10.2. The molecule has 1 aromatic rings. The molecule has 0 fully saturated rings. The van der Waals surface area contributed by atoms with Crippen LogP contribution in [0.2, 0.25) is 0 Å². The molecule has 0 bridgehead atoms. The van der Waals surface area contributed by atoms with Crippen molar-refractivity contribution in [3.05, 3.63) is 32.4 Å². The molecule has 0 radical (unpaired) electrons. The fourth-order valence-electron chi connectivity index (χ4n) is 1.64. The largest absolute Gasteiger partial charge is 0.481 e. The smallest absolute Gasteiger partial charge is 0.307 e. The van der Waals surface area contributed by atoms with Gasteiger partial charge in [0.2, 0.25) is 0 Å². The molecule has 102 valence electrons. The lowest BCUT2D eigenvalue weighted by atomic mass is 10.00. The van der Waals surface area contributed by atoms with E-state index in [-0.39, 0.29) is 38.9 Å². The van der Waals surface area contributed by atoms with Gasteiger partial charge in [-0.15, -0.1) is 0 Å². The van der Waals surface area contributed by atoms with Crippen molar-refractivity contribution in [2.45, 2.75) is 19.8 Å². The molecule has 0 aliphatic heterocycles. The Morgan fingerprint density at radius 1 is 1.05 bits per heavy atom. The Balaban J connectivity index is 3.45. The van der Waals surface area contributed by atoms with Crippen LogP contribution in [0.15, 0.2) is 12.1 Å². The molecule has 0 aliphatic rings. The molecule has 0 spiro atoms. The zero-order chi connectivity index (χ0) is 14.6. The molecule has 7 heteroatoms. The van der Waals surface area contributed by atoms with Gasteiger partial charge in [0.1, 0.15) is 0 Å². The summed E-state index contributed by atoms with van der Waals surface area (Å²) in [4.78, 5) is 32.9. The molecule has 0 atom stereocenters. The number of carboxylic acids is 2. The summed E-state index contributed by atoms with van der Waals surface area (Å²) in [5, 5.41) is 17.6. The Morgan fingerprint density at radius 3 is 1.74 bits per heavy atom. The molecule has 0 aliphatic carbocycles. The molecule has 0 aromatic heterocycles. The van der Waals surface area contributed by atoms with E-state index in [0.29, 0.717) is 0 Å². The number of hydrogen-bond acceptors (Lipinski definition) is 4. The van der Waals surface area contributed by atoms with Crippen molar-refractivity contribution in [1.82, 2.24) is 0 Å². The van der Waals surface area contributed by atoms with Crippen molar-refractivity contribution in [3.63, 3.8) is 0 Å². The predicted molar refractivity (Wildman–Crippen MR) is 72.5 cm³/mol. The highest BCUT2D eigenvalue weighted by atomic mass is 127. The molecule has 2 N–H and O–H groups in total. The second-order valence-corrected chi connectivity index (χ2v) is 5.40. The summed E-state index contributed by atoms with van der Waals surface area (Å²) < 4.78 is 11.5. The molecular formula is C12H11IO6. The molecule has 1 rings (SSSR count). The zero-order valence-electron chi connectivity index (χ0n) is 9.97. The van der Waals surface area contributed by atoms with Gasteiger partial charge in [-0.2, -0.15) is 0 Å². The van der Waals surface area contributed by atoms with E-state index in [1.54, 1.807) is 0 Å². The first-order chi connectivity index (χ1) is 8.85. The summed E-state index contributed by atoms with van der Waals surface area (Å²) in [5.74, 6) is -2.55. The number of halogens is 1. The van der Waals surface area contributed by atoms with Crippen molar-refractivity contribution in [2.75, 3.05) is 0 Å². The summed E-state index contributed by atoms with van der Waals surface area (Å²) in [6.07, 6.45) is -0.768. The average Bonchev–Trinajstić information content (AvgIpc) is 2.26. The zero-order valence-corrected chi connectivity index (χ0v) is 12.1. The first-order valence-corrected chi connectivity index (χ1v) is 7.18. The maximum Gasteiger partial charge on any atom is 0.307 e. The molecule has 0 unspecified atom stereocenters. The number of Topliss-reactive ketones (excluding diaryl/α,β-unsaturated/α-hetero) is 1. The van der Waals surface area contributed by atoms with Crippen LogP contribution >= 0.6 is 21.2 Å². The van der Waals surface area contributed by atoms with Crippen LogP contribution < -0.4 is 0 Å². The van der Waals surface area contributed by atoms with Gasteiger partial charge < -0.3 is 10.2 Å². The summed E-state index contributed by atoms with van der Waals surface area (Å²) in [7, 11) is 0. The second-order valence-electron chi connectivity index (χ2n) is 3.88. The van der Waals surface area contributed by atoms with Crippen molar-refractivity contribution in [1.29, 1.82) is 0 Å². The van der Waals surface area contributed by atoms with E-state index in [9.17, 15) is 17.5 Å². The number of benzene rings is 1. The summed E-state index contributed by atoms with van der Waals surface area (Å²) in [6.45, 7) is 1.30. The number of carboxylic acid groups (broad SMARTS) is 2. The second kappa shape index (κ2) is 6.50. The fourth-order valence-corrected chi connectivity index (χ4v) is 2.89. The third-order valence-electron chi connectivity index (χ3n) is 2.39. The number of carbonyl (C=O) groups is 3. The third kappa shape index (κ3) is 4.19. The van der Waals surface area contributed by atoms with Crippen LogP contribution in [0.1, 0.15) is 28.4 Å². The number of hydrogen-bond donors (Lipinski definition) is 2. The van der Waals surface area contributed by atoms with Crippen LogP contribution in [-0.4, -0.2) is 27.9 Å². The predicted octanol–water partition coefficient (Wildman–Crippen LogP) is 1.63. The van der Waals surface area contributed by atoms with E-state index in [1.807, 2.05) is 0 Å². The van der Waals surface area contributed by atoms with E-state index in [0.717, 1.165) is 0 Å². The fraction of sp³-hybridized carbons (Fsp3) is 0.250. The minimum absolute atomic E-state index is 0.230. The highest BCUT2D eigenvalue weighted by Gasteiger charge is 2.17. The van der Waals surface area contributed by atoms with Crippen molar-refractivity contribution in [2.24, 2.45) is 0 Å². The van der Waals surface area contributed by atoms with Gasteiger partial charge in [-0.05, 0) is 30.2 Å². The molecule has 6 nitrogen and oxygen atoms in total. The van der Waals surface area contributed by atoms with Crippen LogP contribution in [-0.2, 0) is 25.5 Å². The quantitative estimate of drug-likeness (QED) is 0.576. The van der Waals surface area contributed by atoms with Crippen molar-refractivity contribution < 1.29 is 27.7 Å². The topological polar surface area (TPSA) is 109 Å². The lowest BCUT2D eigenvalue weighted by Crippen LogP contribution is -2.10. The van der Waals surface area contributed by atoms with Crippen LogP contribution in [0.4, 0.5) is 0 Å². The van der Waals surface area contributed by atoms with E-state index in [1.165, 1.54) is 19.1 Å². The molecule has 0 saturated carbocycles. The molecule has 19 heavy (non-hydrogen) atoms. The Morgan fingerprint density at radius 2 is 1.47 bits per heavy atom. The average molecular weight is 378 g/mol. The Labute approximate surface area is 119 Å². The monoisotopic (exact) mass is 378 g/mol. The third-order valence-corrected chi connectivity index (χ3v) is 4.22. The summed E-state index contributed by atoms with van der Waals surface area (Å²) in [6, 6.07) is 2.74. The van der Waals surface area contributed by atoms with Gasteiger partial charge in [0, 0.05) is 5.56 Å². The van der Waals surface area contributed by atoms with Gasteiger partial charge >= 0.3 is 11.9 Å². The number of rotatable bonds is 6. The van der Waals surface area contributed by atoms with Crippen molar-refractivity contribution >= 4 is 38.9 Å². The van der Waals surface area contributed by atoms with E-state index >= 15 is 0 Å². The molecule has 1 aromatic carbocycles. The van der Waals surface area contributed by atoms with E-state index < -0.39 is 33.1 Å². The molecule has 0 saturated heterocycles. The molecule has 0 heterocycles. The first-order valence-electron chi connectivity index (χ1n) is 5.22. The summed E-state index contributed by atoms with van der Waals surface area (Å²) >= 11 is -1.72. The van der Waals surface area contributed by atoms with E-state index in [2.05, 4.69) is 0 Å². The van der Waals surface area contributed by atoms with Crippen molar-refractivity contribution in [3.8, 4) is 0 Å². The minimum Gasteiger partial charge on any atom is -0.481 e. The van der Waals surface area contributed by atoms with E-state index in [4.69, 9.17) is 10.2 Å². The molecule has 0 amide bonds. The number of aliphatic carboxylic acids is 2. The van der Waals surface area contributed by atoms with Crippen LogP contribution in [0.5, 0.6) is 0 Å². The number of carbonyl (C=O) groups excluding carboxylic acids is 1. The highest BCUT2D eigenvalue weighted by Crippen LogP contribution is 2.24. The maximum absolute atomic E-state index is 11.4. The van der Waals surface area contributed by atoms with Crippen LogP contribution in [0.3, 0.4) is 0 Å². The number of ketones is 1. The Hall–Kier alpha value is -1.64. The van der Waals surface area contributed by atoms with Gasteiger partial charge in [-0.3, -0.25) is 17.5 Å². The van der Waals surface area contributed by atoms with Gasteiger partial charge in [0.05, 0.1) is 16.4 Å². The maximum atomic E-state index is 11.4.